The Balaban J connectivity index is 1.76. The lowest BCUT2D eigenvalue weighted by molar-refractivity contribution is 0.535. The van der Waals surface area contributed by atoms with E-state index in [9.17, 15) is 5.26 Å². The lowest BCUT2D eigenvalue weighted by Gasteiger charge is -2.20. The number of hydrogen-bond acceptors (Lipinski definition) is 3. The molecule has 3 nitrogen and oxygen atoms in total. The first-order valence-corrected chi connectivity index (χ1v) is 7.59. The third kappa shape index (κ3) is 1.60. The highest BCUT2D eigenvalue weighted by atomic mass is 32.1. The fourth-order valence-electron chi connectivity index (χ4n) is 3.20. The van der Waals surface area contributed by atoms with Gasteiger partial charge in [-0.25, -0.2) is 4.98 Å². The van der Waals surface area contributed by atoms with E-state index < -0.39 is 5.41 Å². The van der Waals surface area contributed by atoms with Gasteiger partial charge < -0.3 is 0 Å². The van der Waals surface area contributed by atoms with Crippen LogP contribution in [0.15, 0.2) is 42.0 Å². The normalized spacial score (nSPS) is 20.9. The zero-order chi connectivity index (χ0) is 13.6. The zero-order valence-corrected chi connectivity index (χ0v) is 11.7. The summed E-state index contributed by atoms with van der Waals surface area (Å²) in [5.74, 6) is 0. The monoisotopic (exact) mass is 279 g/mol. The van der Waals surface area contributed by atoms with Gasteiger partial charge in [-0.15, -0.1) is 11.3 Å². The van der Waals surface area contributed by atoms with Crippen LogP contribution in [0.2, 0.25) is 0 Å². The maximum absolute atomic E-state index is 9.77. The number of aromatic nitrogens is 2. The van der Waals surface area contributed by atoms with Crippen molar-refractivity contribution in [2.45, 2.75) is 24.7 Å². The second-order valence-electron chi connectivity index (χ2n) is 5.35. The highest BCUT2D eigenvalue weighted by molar-refractivity contribution is 7.15. The van der Waals surface area contributed by atoms with Crippen LogP contribution in [0.4, 0.5) is 0 Å². The van der Waals surface area contributed by atoms with E-state index in [0.29, 0.717) is 6.42 Å². The Morgan fingerprint density at radius 1 is 1.40 bits per heavy atom. The number of nitrogens with zero attached hydrogens (tertiary/aromatic N) is 3. The maximum Gasteiger partial charge on any atom is 0.193 e. The number of benzene rings is 1. The number of hydrogen-bond donors (Lipinski definition) is 0. The molecule has 0 spiro atoms. The largest absolute Gasteiger partial charge is 0.297 e. The second-order valence-corrected chi connectivity index (χ2v) is 6.23. The van der Waals surface area contributed by atoms with Crippen molar-refractivity contribution in [3.8, 4) is 6.07 Å². The number of imidazole rings is 1. The smallest absolute Gasteiger partial charge is 0.193 e. The SMILES string of the molecule is N#CC1(Cc2cn3ccsc3n2)CCc2ccccc21. The van der Waals surface area contributed by atoms with Crippen molar-refractivity contribution >= 4 is 16.3 Å². The van der Waals surface area contributed by atoms with Crippen molar-refractivity contribution in [2.75, 3.05) is 0 Å². The van der Waals surface area contributed by atoms with E-state index in [0.717, 1.165) is 23.5 Å². The highest BCUT2D eigenvalue weighted by Gasteiger charge is 2.39. The molecule has 0 aliphatic heterocycles. The molecule has 20 heavy (non-hydrogen) atoms. The first kappa shape index (κ1) is 11.7. The van der Waals surface area contributed by atoms with Gasteiger partial charge in [-0.2, -0.15) is 5.26 Å². The third-order valence-corrected chi connectivity index (χ3v) is 4.96. The molecule has 0 amide bonds. The molecule has 0 bridgehead atoms. The number of aryl methyl sites for hydroxylation is 1. The van der Waals surface area contributed by atoms with Gasteiger partial charge in [0.25, 0.3) is 0 Å². The molecule has 1 unspecified atom stereocenters. The second kappa shape index (κ2) is 4.19. The standard InChI is InChI=1S/C16H13N3S/c17-11-16(6-5-12-3-1-2-4-14(12)16)9-13-10-19-7-8-20-15(19)18-13/h1-4,7-8,10H,5-6,9H2. The summed E-state index contributed by atoms with van der Waals surface area (Å²) in [6.07, 6.45) is 6.65. The summed E-state index contributed by atoms with van der Waals surface area (Å²) in [6.45, 7) is 0. The van der Waals surface area contributed by atoms with Crippen molar-refractivity contribution in [1.82, 2.24) is 9.38 Å². The maximum atomic E-state index is 9.77. The fraction of sp³-hybridized carbons (Fsp3) is 0.250. The summed E-state index contributed by atoms with van der Waals surface area (Å²) in [5, 5.41) is 11.8. The Morgan fingerprint density at radius 3 is 3.15 bits per heavy atom. The molecule has 4 rings (SSSR count). The van der Waals surface area contributed by atoms with E-state index in [4.69, 9.17) is 0 Å². The van der Waals surface area contributed by atoms with Gasteiger partial charge >= 0.3 is 0 Å². The molecule has 2 heterocycles. The van der Waals surface area contributed by atoms with E-state index in [-0.39, 0.29) is 0 Å². The minimum Gasteiger partial charge on any atom is -0.297 e. The summed E-state index contributed by atoms with van der Waals surface area (Å²) in [7, 11) is 0. The molecular weight excluding hydrogens is 266 g/mol. The Labute approximate surface area is 121 Å². The van der Waals surface area contributed by atoms with Gasteiger partial charge in [0.15, 0.2) is 4.96 Å². The first-order chi connectivity index (χ1) is 9.81. The van der Waals surface area contributed by atoms with Crippen molar-refractivity contribution in [2.24, 2.45) is 0 Å². The molecule has 98 valence electrons. The molecule has 0 fully saturated rings. The van der Waals surface area contributed by atoms with Crippen LogP contribution in [0.1, 0.15) is 23.2 Å². The van der Waals surface area contributed by atoms with Gasteiger partial charge in [0.05, 0.1) is 17.2 Å². The van der Waals surface area contributed by atoms with Crippen LogP contribution >= 0.6 is 11.3 Å². The average molecular weight is 279 g/mol. The summed E-state index contributed by atoms with van der Waals surface area (Å²) in [6, 6.07) is 10.9. The average Bonchev–Trinajstić information content (AvgIpc) is 3.13. The third-order valence-electron chi connectivity index (χ3n) is 4.19. The number of nitriles is 1. The number of rotatable bonds is 2. The number of fused-ring (bicyclic) bond motifs is 2. The predicted octanol–water partition coefficient (Wildman–Crippen LogP) is 3.35. The molecule has 1 aromatic carbocycles. The summed E-state index contributed by atoms with van der Waals surface area (Å²) < 4.78 is 2.03. The highest BCUT2D eigenvalue weighted by Crippen LogP contribution is 2.40. The van der Waals surface area contributed by atoms with E-state index in [2.05, 4.69) is 29.3 Å². The minimum atomic E-state index is -0.402. The Bertz CT molecular complexity index is 795. The van der Waals surface area contributed by atoms with Gasteiger partial charge in [0.2, 0.25) is 0 Å². The van der Waals surface area contributed by atoms with Crippen molar-refractivity contribution in [1.29, 1.82) is 5.26 Å². The van der Waals surface area contributed by atoms with Gasteiger partial charge in [0.1, 0.15) is 0 Å². The van der Waals surface area contributed by atoms with Crippen molar-refractivity contribution in [3.63, 3.8) is 0 Å². The van der Waals surface area contributed by atoms with Crippen molar-refractivity contribution in [3.05, 3.63) is 58.9 Å². The van der Waals surface area contributed by atoms with Crippen LogP contribution in [0.3, 0.4) is 0 Å². The van der Waals surface area contributed by atoms with Crippen LogP contribution in [-0.2, 0) is 18.3 Å². The Kier molecular flexibility index (Phi) is 2.45. The van der Waals surface area contributed by atoms with Gasteiger partial charge in [-0.1, -0.05) is 24.3 Å². The molecule has 0 N–H and O–H groups in total. The van der Waals surface area contributed by atoms with E-state index >= 15 is 0 Å². The quantitative estimate of drug-likeness (QED) is 0.722. The summed E-state index contributed by atoms with van der Waals surface area (Å²) in [5.41, 5.74) is 3.12. The lowest BCUT2D eigenvalue weighted by Crippen LogP contribution is -2.24. The van der Waals surface area contributed by atoms with Gasteiger partial charge in [-0.3, -0.25) is 4.40 Å². The van der Waals surface area contributed by atoms with Gasteiger partial charge in [0, 0.05) is 24.2 Å². The molecule has 1 atom stereocenters. The first-order valence-electron chi connectivity index (χ1n) is 6.71. The van der Waals surface area contributed by atoms with Crippen LogP contribution in [-0.4, -0.2) is 9.38 Å². The lowest BCUT2D eigenvalue weighted by atomic mass is 9.79. The van der Waals surface area contributed by atoms with E-state index in [1.807, 2.05) is 28.2 Å². The molecule has 0 saturated carbocycles. The Morgan fingerprint density at radius 2 is 2.30 bits per heavy atom. The summed E-state index contributed by atoms with van der Waals surface area (Å²) >= 11 is 1.63. The molecule has 1 aliphatic carbocycles. The van der Waals surface area contributed by atoms with Crippen LogP contribution < -0.4 is 0 Å². The Hall–Kier alpha value is -2.12. The minimum absolute atomic E-state index is 0.402. The molecule has 4 heteroatoms. The van der Waals surface area contributed by atoms with E-state index in [1.54, 1.807) is 11.3 Å². The molecule has 0 radical (unpaired) electrons. The molecule has 3 aromatic rings. The predicted molar refractivity (Wildman–Crippen MR) is 78.8 cm³/mol. The molecule has 2 aromatic heterocycles. The van der Waals surface area contributed by atoms with Crippen molar-refractivity contribution < 1.29 is 0 Å². The zero-order valence-electron chi connectivity index (χ0n) is 10.9. The summed E-state index contributed by atoms with van der Waals surface area (Å²) in [4.78, 5) is 5.63. The van der Waals surface area contributed by atoms with Gasteiger partial charge in [-0.05, 0) is 24.0 Å². The topological polar surface area (TPSA) is 41.1 Å². The van der Waals surface area contributed by atoms with Crippen LogP contribution in [0.25, 0.3) is 4.96 Å². The molecule has 1 aliphatic rings. The van der Waals surface area contributed by atoms with Crippen LogP contribution in [0.5, 0.6) is 0 Å². The number of thiazole rings is 1. The van der Waals surface area contributed by atoms with Crippen LogP contribution in [0, 0.1) is 11.3 Å². The van der Waals surface area contributed by atoms with E-state index in [1.165, 1.54) is 11.1 Å². The molecule has 0 saturated heterocycles. The fourth-order valence-corrected chi connectivity index (χ4v) is 3.92. The molecular formula is C16H13N3S.